The van der Waals surface area contributed by atoms with Crippen molar-refractivity contribution in [1.29, 1.82) is 0 Å². The Labute approximate surface area is 190 Å². The van der Waals surface area contributed by atoms with Crippen molar-refractivity contribution in [2.24, 2.45) is 0 Å². The van der Waals surface area contributed by atoms with Crippen LogP contribution in [0.4, 0.5) is 0 Å². The Balaban J connectivity index is 2.09. The Bertz CT molecular complexity index is 1110. The van der Waals surface area contributed by atoms with Crippen LogP contribution in [-0.4, -0.2) is 46.2 Å². The highest BCUT2D eigenvalue weighted by Gasteiger charge is 2.29. The van der Waals surface area contributed by atoms with Gasteiger partial charge in [-0.25, -0.2) is 17.7 Å². The van der Waals surface area contributed by atoms with E-state index in [1.54, 1.807) is 18.2 Å². The molecule has 9 heteroatoms. The van der Waals surface area contributed by atoms with Crippen LogP contribution in [-0.2, 0) is 27.2 Å². The molecule has 0 fully saturated rings. The largest absolute Gasteiger partial charge is 0.403 e. The second-order valence-corrected chi connectivity index (χ2v) is 11.4. The number of aryl methyl sites for hydroxylation is 1. The molecule has 0 amide bonds. The molecule has 1 aromatic heterocycles. The first-order valence-electron chi connectivity index (χ1n) is 10.7. The van der Waals surface area contributed by atoms with Crippen molar-refractivity contribution >= 4 is 28.5 Å². The molecule has 0 saturated heterocycles. The van der Waals surface area contributed by atoms with Crippen LogP contribution in [0.1, 0.15) is 37.8 Å². The van der Waals surface area contributed by atoms with Gasteiger partial charge >= 0.3 is 7.75 Å². The van der Waals surface area contributed by atoms with Crippen LogP contribution in [0.2, 0.25) is 0 Å². The number of allylic oxidation sites excluding steroid dienone is 4. The maximum Gasteiger partial charge on any atom is 0.403 e. The molecule has 1 atom stereocenters. The van der Waals surface area contributed by atoms with Crippen LogP contribution in [0.3, 0.4) is 0 Å². The molecule has 1 aromatic carbocycles. The van der Waals surface area contributed by atoms with Crippen LogP contribution in [0.15, 0.2) is 60.7 Å². The lowest BCUT2D eigenvalue weighted by Crippen LogP contribution is -2.32. The molecule has 2 aromatic rings. The lowest BCUT2D eigenvalue weighted by Gasteiger charge is -2.28. The number of benzene rings is 1. The van der Waals surface area contributed by atoms with Gasteiger partial charge in [-0.3, -0.25) is 0 Å². The zero-order valence-corrected chi connectivity index (χ0v) is 20.4. The Hall–Kier alpha value is -1.96. The van der Waals surface area contributed by atoms with Gasteiger partial charge in [0, 0.05) is 35.1 Å². The molecule has 1 heterocycles. The van der Waals surface area contributed by atoms with Crippen LogP contribution in [0.5, 0.6) is 0 Å². The predicted molar refractivity (Wildman–Crippen MR) is 131 cm³/mol. The highest BCUT2D eigenvalue weighted by molar-refractivity contribution is 7.94. The summed E-state index contributed by atoms with van der Waals surface area (Å²) in [6, 6.07) is 5.64. The predicted octanol–water partition coefficient (Wildman–Crippen LogP) is 4.51. The molecule has 0 aliphatic heterocycles. The van der Waals surface area contributed by atoms with Crippen LogP contribution in [0, 0.1) is 0 Å². The molecule has 2 rings (SSSR count). The zero-order valence-electron chi connectivity index (χ0n) is 18.6. The molecule has 0 aliphatic rings. The Morgan fingerprint density at radius 3 is 2.66 bits per heavy atom. The van der Waals surface area contributed by atoms with E-state index in [1.165, 1.54) is 16.2 Å². The molecule has 0 spiro atoms. The topological polar surface area (TPSA) is 111 Å². The maximum absolute atomic E-state index is 12.1. The van der Waals surface area contributed by atoms with Gasteiger partial charge in [-0.2, -0.15) is 0 Å². The van der Waals surface area contributed by atoms with E-state index in [0.717, 1.165) is 22.0 Å². The van der Waals surface area contributed by atoms with E-state index >= 15 is 0 Å². The number of aromatic amines is 1. The lowest BCUT2D eigenvalue weighted by molar-refractivity contribution is 0.233. The first-order valence-corrected chi connectivity index (χ1v) is 14.0. The normalized spacial score (nSPS) is 14.2. The zero-order chi connectivity index (χ0) is 23.8. The fraction of sp³-hybridized carbons (Fsp3) is 0.391. The van der Waals surface area contributed by atoms with E-state index in [2.05, 4.69) is 11.6 Å². The van der Waals surface area contributed by atoms with Crippen LogP contribution in [0.25, 0.3) is 10.9 Å². The molecule has 0 radical (unpaired) electrons. The van der Waals surface area contributed by atoms with Crippen molar-refractivity contribution in [2.45, 2.75) is 45.6 Å². The summed E-state index contributed by atoms with van der Waals surface area (Å²) in [5, 5.41) is 2.21. The number of H-pyrrole nitrogens is 1. The lowest BCUT2D eigenvalue weighted by atomic mass is 10.0. The van der Waals surface area contributed by atoms with Gasteiger partial charge in [-0.1, -0.05) is 43.9 Å². The Morgan fingerprint density at radius 2 is 2.00 bits per heavy atom. The number of hydrogen-bond acceptors (Lipinski definition) is 3. The molecular formula is C23H33N2O5PS. The van der Waals surface area contributed by atoms with Gasteiger partial charge in [0.25, 0.3) is 0 Å². The summed E-state index contributed by atoms with van der Waals surface area (Å²) >= 11 is 0. The van der Waals surface area contributed by atoms with Gasteiger partial charge in [0.05, 0.1) is 5.75 Å². The monoisotopic (exact) mass is 480 g/mol. The third-order valence-electron chi connectivity index (χ3n) is 5.18. The summed E-state index contributed by atoms with van der Waals surface area (Å²) in [6.45, 7) is 7.57. The molecule has 176 valence electrons. The van der Waals surface area contributed by atoms with Crippen LogP contribution < -0.4 is 0 Å². The fourth-order valence-electron chi connectivity index (χ4n) is 3.66. The van der Waals surface area contributed by atoms with Crippen LogP contribution >= 0.6 is 7.75 Å². The number of nitrogens with zero attached hydrogens (tertiary/aromatic N) is 1. The molecular weight excluding hydrogens is 447 g/mol. The SMILES string of the molecule is C=C/C=C\C=C\S(=O)(=O)CCCc1ccc2[nH]cc(CC(C)N(CCC)P(=O)(O)O)c2c1. The quantitative estimate of drug-likeness (QED) is 0.287. The third kappa shape index (κ3) is 7.87. The van der Waals surface area contributed by atoms with Gasteiger partial charge in [0.2, 0.25) is 0 Å². The first-order chi connectivity index (χ1) is 15.1. The van der Waals surface area contributed by atoms with Crippen molar-refractivity contribution in [3.63, 3.8) is 0 Å². The number of fused-ring (bicyclic) bond motifs is 1. The summed E-state index contributed by atoms with van der Waals surface area (Å²) in [4.78, 5) is 22.6. The Kier molecular flexibility index (Phi) is 9.67. The van der Waals surface area contributed by atoms with E-state index in [9.17, 15) is 22.8 Å². The highest BCUT2D eigenvalue weighted by atomic mass is 32.2. The molecule has 3 N–H and O–H groups in total. The highest BCUT2D eigenvalue weighted by Crippen LogP contribution is 2.42. The minimum atomic E-state index is -4.33. The van der Waals surface area contributed by atoms with E-state index in [-0.39, 0.29) is 11.8 Å². The number of hydrogen-bond donors (Lipinski definition) is 3. The smallest absolute Gasteiger partial charge is 0.361 e. The van der Waals surface area contributed by atoms with Crippen molar-refractivity contribution in [2.75, 3.05) is 12.3 Å². The van der Waals surface area contributed by atoms with Gasteiger partial charge in [-0.15, -0.1) is 0 Å². The van der Waals surface area contributed by atoms with E-state index in [0.29, 0.717) is 32.2 Å². The van der Waals surface area contributed by atoms with E-state index in [4.69, 9.17) is 0 Å². The minimum absolute atomic E-state index is 0.0642. The summed E-state index contributed by atoms with van der Waals surface area (Å²) in [5.41, 5.74) is 2.95. The number of rotatable bonds is 13. The standard InChI is InChI=1S/C23H33N2O5PS/c1-4-6-7-8-14-32(29,30)15-9-10-20-11-12-23-22(17-20)21(18-24-23)16-19(3)25(13-5-2)31(26,27)28/h4,6-8,11-12,14,17-19,24H,1,5,9-10,13,15-16H2,2-3H3,(H2,26,27,28)/b7-6-,14-8+. The summed E-state index contributed by atoms with van der Waals surface area (Å²) < 4.78 is 37.3. The van der Waals surface area contributed by atoms with Crippen molar-refractivity contribution in [3.05, 3.63) is 71.8 Å². The number of nitrogens with one attached hydrogen (secondary N) is 1. The summed E-state index contributed by atoms with van der Waals surface area (Å²) in [5.74, 6) is 0.0642. The average Bonchev–Trinajstić information content (AvgIpc) is 3.10. The molecule has 1 unspecified atom stereocenters. The second kappa shape index (κ2) is 11.8. The minimum Gasteiger partial charge on any atom is -0.361 e. The number of sulfone groups is 1. The van der Waals surface area contributed by atoms with Gasteiger partial charge in [-0.05, 0) is 55.9 Å². The van der Waals surface area contributed by atoms with E-state index in [1.807, 2.05) is 38.2 Å². The molecule has 0 aliphatic carbocycles. The second-order valence-electron chi connectivity index (χ2n) is 7.84. The number of aromatic nitrogens is 1. The maximum atomic E-state index is 12.1. The first kappa shape index (κ1) is 26.3. The molecule has 32 heavy (non-hydrogen) atoms. The molecule has 7 nitrogen and oxygen atoms in total. The molecule has 0 saturated carbocycles. The van der Waals surface area contributed by atoms with Crippen molar-refractivity contribution in [1.82, 2.24) is 9.65 Å². The van der Waals surface area contributed by atoms with E-state index < -0.39 is 17.6 Å². The van der Waals surface area contributed by atoms with Crippen molar-refractivity contribution < 1.29 is 22.8 Å². The summed E-state index contributed by atoms with van der Waals surface area (Å²) in [6.07, 6.45) is 10.5. The van der Waals surface area contributed by atoms with Gasteiger partial charge < -0.3 is 14.8 Å². The fourth-order valence-corrected chi connectivity index (χ4v) is 5.73. The van der Waals surface area contributed by atoms with Gasteiger partial charge in [0.1, 0.15) is 0 Å². The molecule has 0 bridgehead atoms. The Morgan fingerprint density at radius 1 is 1.25 bits per heavy atom. The summed E-state index contributed by atoms with van der Waals surface area (Å²) in [7, 11) is -7.60. The third-order valence-corrected chi connectivity index (χ3v) is 7.87. The van der Waals surface area contributed by atoms with Crippen molar-refractivity contribution in [3.8, 4) is 0 Å². The average molecular weight is 481 g/mol. The van der Waals surface area contributed by atoms with Gasteiger partial charge in [0.15, 0.2) is 9.84 Å².